The third-order valence-electron chi connectivity index (χ3n) is 8.36. The van der Waals surface area contributed by atoms with E-state index < -0.39 is 12.2 Å². The summed E-state index contributed by atoms with van der Waals surface area (Å²) in [5, 5.41) is 8.81. The summed E-state index contributed by atoms with van der Waals surface area (Å²) in [5.41, 5.74) is 2.98. The van der Waals surface area contributed by atoms with Crippen LogP contribution in [0.25, 0.3) is 10.8 Å². The van der Waals surface area contributed by atoms with Crippen LogP contribution in [-0.2, 0) is 16.1 Å². The summed E-state index contributed by atoms with van der Waals surface area (Å²) in [6.07, 6.45) is 7.59. The molecule has 6 rings (SSSR count). The maximum absolute atomic E-state index is 14.2. The van der Waals surface area contributed by atoms with Gasteiger partial charge in [0.15, 0.2) is 0 Å². The van der Waals surface area contributed by atoms with Crippen molar-refractivity contribution in [2.45, 2.75) is 51.5 Å². The summed E-state index contributed by atoms with van der Waals surface area (Å²) < 4.78 is 0. The van der Waals surface area contributed by atoms with E-state index >= 15 is 0 Å². The van der Waals surface area contributed by atoms with Crippen LogP contribution in [0.5, 0.6) is 0 Å². The number of carbonyl (C=O) groups is 3. The highest BCUT2D eigenvalue weighted by Crippen LogP contribution is 2.37. The van der Waals surface area contributed by atoms with Crippen molar-refractivity contribution in [2.24, 2.45) is 0 Å². The summed E-state index contributed by atoms with van der Waals surface area (Å²) in [6, 6.07) is 22.6. The molecule has 2 fully saturated rings. The van der Waals surface area contributed by atoms with Crippen LogP contribution in [0.3, 0.4) is 0 Å². The van der Waals surface area contributed by atoms with Crippen molar-refractivity contribution >= 4 is 28.6 Å². The first kappa shape index (κ1) is 27.7. The number of fused-ring (bicyclic) bond motifs is 2. The number of nitrogens with one attached hydrogen (secondary N) is 1. The van der Waals surface area contributed by atoms with Gasteiger partial charge in [-0.15, -0.1) is 0 Å². The van der Waals surface area contributed by atoms with Gasteiger partial charge in [-0.2, -0.15) is 5.01 Å². The number of carbonyl (C=O) groups excluding carboxylic acids is 3. The Balaban J connectivity index is 1.33. The molecule has 8 nitrogen and oxygen atoms in total. The van der Waals surface area contributed by atoms with Crippen LogP contribution in [0, 0.1) is 0 Å². The number of amides is 4. The van der Waals surface area contributed by atoms with Crippen LogP contribution >= 0.6 is 0 Å². The van der Waals surface area contributed by atoms with Crippen LogP contribution in [0.4, 0.5) is 4.79 Å². The van der Waals surface area contributed by atoms with Gasteiger partial charge in [-0.1, -0.05) is 96.6 Å². The molecule has 3 aromatic rings. The molecule has 0 bridgehead atoms. The molecule has 0 radical (unpaired) electrons. The predicted octanol–water partition coefficient (Wildman–Crippen LogP) is 5.01. The monoisotopic (exact) mass is 563 g/mol. The van der Waals surface area contributed by atoms with Gasteiger partial charge in [0.2, 0.25) is 5.91 Å². The van der Waals surface area contributed by atoms with Gasteiger partial charge in [0.25, 0.3) is 5.91 Å². The third-order valence-corrected chi connectivity index (χ3v) is 8.36. The minimum atomic E-state index is -0.770. The van der Waals surface area contributed by atoms with E-state index in [9.17, 15) is 14.4 Å². The second-order valence-electron chi connectivity index (χ2n) is 11.4. The van der Waals surface area contributed by atoms with Crippen molar-refractivity contribution in [3.05, 3.63) is 108 Å². The average molecular weight is 564 g/mol. The molecular weight excluding hydrogens is 526 g/mol. The Labute approximate surface area is 246 Å². The maximum Gasteiger partial charge on any atom is 0.332 e. The van der Waals surface area contributed by atoms with Crippen LogP contribution in [0.15, 0.2) is 96.6 Å². The Morgan fingerprint density at radius 2 is 1.76 bits per heavy atom. The van der Waals surface area contributed by atoms with Crippen molar-refractivity contribution in [1.29, 1.82) is 0 Å². The van der Waals surface area contributed by atoms with Gasteiger partial charge in [-0.05, 0) is 48.6 Å². The van der Waals surface area contributed by atoms with Gasteiger partial charge in [-0.25, -0.2) is 4.79 Å². The third kappa shape index (κ3) is 5.30. The molecule has 42 heavy (non-hydrogen) atoms. The standard InChI is InChI=1S/C34H37N5O3/c1-24(2)39(34(42)35-20-25-12-5-3-6-13-25)37-23-31(40)38-30(37)22-36(33(41)32(38)27-15-7-4-8-16-27)21-28-18-11-17-26-14-9-10-19-29(26)28/h3-5,7-12,14-19,24,30,32H,6,13,20-23H2,1-2H3,(H,35,42)/t30-,32+/m1/s1. The lowest BCUT2D eigenvalue weighted by Gasteiger charge is -2.47. The fraction of sp³-hybridized carbons (Fsp3) is 0.324. The molecule has 3 aromatic carbocycles. The fourth-order valence-corrected chi connectivity index (χ4v) is 6.37. The number of piperazine rings is 1. The van der Waals surface area contributed by atoms with E-state index in [4.69, 9.17) is 0 Å². The van der Waals surface area contributed by atoms with Gasteiger partial charge < -0.3 is 15.1 Å². The van der Waals surface area contributed by atoms with Crippen molar-refractivity contribution in [1.82, 2.24) is 25.1 Å². The number of rotatable bonds is 7. The molecule has 0 aromatic heterocycles. The van der Waals surface area contributed by atoms with Crippen LogP contribution < -0.4 is 5.32 Å². The van der Waals surface area contributed by atoms with E-state index in [0.717, 1.165) is 34.7 Å². The molecule has 216 valence electrons. The minimum Gasteiger partial charge on any atom is -0.333 e. The number of benzene rings is 3. The lowest BCUT2D eigenvalue weighted by Crippen LogP contribution is -2.64. The first-order chi connectivity index (χ1) is 20.4. The second-order valence-corrected chi connectivity index (χ2v) is 11.4. The van der Waals surface area contributed by atoms with Gasteiger partial charge in [0.1, 0.15) is 12.2 Å². The molecule has 3 aliphatic rings. The highest BCUT2D eigenvalue weighted by Gasteiger charge is 2.53. The Morgan fingerprint density at radius 1 is 1.00 bits per heavy atom. The average Bonchev–Trinajstić information content (AvgIpc) is 3.32. The normalized spacial score (nSPS) is 20.7. The molecule has 1 aliphatic carbocycles. The largest absolute Gasteiger partial charge is 0.333 e. The highest BCUT2D eigenvalue weighted by atomic mass is 16.2. The number of hydrogen-bond donors (Lipinski definition) is 1. The first-order valence-electron chi connectivity index (χ1n) is 14.7. The Bertz CT molecular complexity index is 1540. The summed E-state index contributed by atoms with van der Waals surface area (Å²) in [6.45, 7) is 5.09. The molecular formula is C34H37N5O3. The zero-order chi connectivity index (χ0) is 29.2. The molecule has 1 N–H and O–H groups in total. The van der Waals surface area contributed by atoms with Crippen molar-refractivity contribution in [3.8, 4) is 0 Å². The van der Waals surface area contributed by atoms with E-state index in [-0.39, 0.29) is 30.4 Å². The van der Waals surface area contributed by atoms with Crippen molar-refractivity contribution in [3.63, 3.8) is 0 Å². The van der Waals surface area contributed by atoms with Gasteiger partial charge >= 0.3 is 6.03 Å². The smallest absolute Gasteiger partial charge is 0.332 e. The Hall–Kier alpha value is -4.43. The number of urea groups is 1. The molecule has 4 amide bonds. The SMILES string of the molecule is CC(C)N(C(=O)NCC1=CC=CCC1)N1CC(=O)N2[C@@H](c3ccccc3)C(=O)N(Cc3cccc4ccccc34)C[C@@H]21. The van der Waals surface area contributed by atoms with Crippen molar-refractivity contribution in [2.75, 3.05) is 19.6 Å². The summed E-state index contributed by atoms with van der Waals surface area (Å²) in [5.74, 6) is -0.274. The fourth-order valence-electron chi connectivity index (χ4n) is 6.37. The van der Waals surface area contributed by atoms with E-state index in [1.807, 2.05) is 84.4 Å². The lowest BCUT2D eigenvalue weighted by molar-refractivity contribution is -0.159. The van der Waals surface area contributed by atoms with Crippen LogP contribution in [0.1, 0.15) is 43.9 Å². The molecule has 2 atom stereocenters. The number of hydrazine groups is 1. The van der Waals surface area contributed by atoms with E-state index in [1.54, 1.807) is 9.91 Å². The van der Waals surface area contributed by atoms with Gasteiger partial charge in [0.05, 0.1) is 13.1 Å². The van der Waals surface area contributed by atoms with E-state index in [1.165, 1.54) is 5.57 Å². The number of hydrogen-bond acceptors (Lipinski definition) is 4. The molecule has 0 unspecified atom stereocenters. The van der Waals surface area contributed by atoms with Gasteiger partial charge in [-0.3, -0.25) is 14.6 Å². The first-order valence-corrected chi connectivity index (χ1v) is 14.7. The van der Waals surface area contributed by atoms with E-state index in [2.05, 4.69) is 35.7 Å². The van der Waals surface area contributed by atoms with Crippen molar-refractivity contribution < 1.29 is 14.4 Å². The van der Waals surface area contributed by atoms with E-state index in [0.29, 0.717) is 19.6 Å². The molecule has 0 spiro atoms. The minimum absolute atomic E-state index is 0.0282. The maximum atomic E-state index is 14.2. The topological polar surface area (TPSA) is 76.2 Å². The quantitative estimate of drug-likeness (QED) is 0.439. The summed E-state index contributed by atoms with van der Waals surface area (Å²) in [7, 11) is 0. The number of nitrogens with zero attached hydrogens (tertiary/aromatic N) is 4. The molecule has 2 heterocycles. The number of allylic oxidation sites excluding steroid dienone is 3. The Kier molecular flexibility index (Phi) is 7.80. The second kappa shape index (κ2) is 11.8. The lowest BCUT2D eigenvalue weighted by atomic mass is 9.99. The summed E-state index contributed by atoms with van der Waals surface area (Å²) in [4.78, 5) is 45.1. The predicted molar refractivity (Wildman–Crippen MR) is 163 cm³/mol. The molecule has 2 aliphatic heterocycles. The molecule has 0 saturated carbocycles. The molecule has 8 heteroatoms. The molecule has 2 saturated heterocycles. The Morgan fingerprint density at radius 3 is 2.52 bits per heavy atom. The zero-order valence-corrected chi connectivity index (χ0v) is 24.1. The van der Waals surface area contributed by atoms with Crippen LogP contribution in [-0.4, -0.2) is 69.5 Å². The highest BCUT2D eigenvalue weighted by molar-refractivity contribution is 5.93. The van der Waals surface area contributed by atoms with Crippen LogP contribution in [0.2, 0.25) is 0 Å². The summed E-state index contributed by atoms with van der Waals surface area (Å²) >= 11 is 0. The zero-order valence-electron chi connectivity index (χ0n) is 24.1. The van der Waals surface area contributed by atoms with Gasteiger partial charge in [0, 0.05) is 19.1 Å².